The van der Waals surface area contributed by atoms with Crippen molar-refractivity contribution >= 4 is 69.0 Å². The molecule has 0 radical (unpaired) electrons. The molecule has 0 saturated heterocycles. The van der Waals surface area contributed by atoms with Crippen molar-refractivity contribution in [3.8, 4) is 56.8 Å². The minimum atomic E-state index is 0.792. The van der Waals surface area contributed by atoms with Gasteiger partial charge in [-0.25, -0.2) is 9.97 Å². The molecule has 0 amide bonds. The summed E-state index contributed by atoms with van der Waals surface area (Å²) >= 11 is 2.37. The summed E-state index contributed by atoms with van der Waals surface area (Å²) in [7, 11) is 0. The fourth-order valence-electron chi connectivity index (χ4n) is 8.92. The van der Waals surface area contributed by atoms with E-state index in [9.17, 15) is 0 Å². The Morgan fingerprint density at radius 3 is 1.41 bits per heavy atom. The maximum atomic E-state index is 7.47. The van der Waals surface area contributed by atoms with Gasteiger partial charge in [0.25, 0.3) is 0 Å². The second-order valence-electron chi connectivity index (χ2n) is 15.6. The fourth-order valence-corrected chi connectivity index (χ4v) is 9.28. The number of fused-ring (bicyclic) bond motifs is 8. The molecule has 4 aromatic carbocycles. The van der Waals surface area contributed by atoms with E-state index in [4.69, 9.17) is 11.3 Å². The molecule has 0 saturated carbocycles. The van der Waals surface area contributed by atoms with Gasteiger partial charge in [-0.3, -0.25) is 0 Å². The Morgan fingerprint density at radius 2 is 0.914 bits per heavy atom. The topological polar surface area (TPSA) is 57.4 Å². The summed E-state index contributed by atoms with van der Waals surface area (Å²) in [5, 5.41) is 0. The Kier molecular flexibility index (Phi) is 9.10. The molecule has 282 valence electrons. The van der Waals surface area contributed by atoms with E-state index in [1.165, 1.54) is 53.6 Å². The minimum Gasteiger partial charge on any atom is -0.354 e. The number of hydrogen-bond acceptors (Lipinski definition) is 2. The zero-order valence-corrected chi connectivity index (χ0v) is 35.9. The summed E-state index contributed by atoms with van der Waals surface area (Å²) in [4.78, 5) is 18.9. The number of rotatable bonds is 4. The molecular formula is C53H43IN4. The summed E-state index contributed by atoms with van der Waals surface area (Å²) in [5.74, 6) is 2.88. The van der Waals surface area contributed by atoms with Gasteiger partial charge >= 0.3 is 0 Å². The van der Waals surface area contributed by atoms with Crippen molar-refractivity contribution in [1.29, 1.82) is 0 Å². The van der Waals surface area contributed by atoms with Crippen molar-refractivity contribution in [2.45, 2.75) is 48.5 Å². The van der Waals surface area contributed by atoms with Crippen molar-refractivity contribution in [2.75, 3.05) is 0 Å². The SMILES string of the molecule is [3H]C#Cc1ccc(-c2c3nc(c(-c4c(C)cc(C)c(C)c4C)c4ccc([nH]4)c(-c4ccc(I)cc4)c4nc(c(-c5c(C)cc(C)cc5C)c5ccc2[nH]5)C=C4)C=C3)cc1. The average molecular weight is 865 g/mol. The van der Waals surface area contributed by atoms with Crippen LogP contribution >= 0.6 is 22.6 Å². The third kappa shape index (κ3) is 6.42. The lowest BCUT2D eigenvalue weighted by molar-refractivity contribution is 1.23. The molecule has 3 aromatic heterocycles. The summed E-state index contributed by atoms with van der Waals surface area (Å²) in [6.07, 6.45) is 10.9. The van der Waals surface area contributed by atoms with Crippen LogP contribution in [0.5, 0.6) is 0 Å². The summed E-state index contributed by atoms with van der Waals surface area (Å²) < 4.78 is 8.65. The lowest BCUT2D eigenvalue weighted by Gasteiger charge is -2.16. The normalized spacial score (nSPS) is 12.1. The molecule has 5 heteroatoms. The average Bonchev–Trinajstić information content (AvgIpc) is 4.05. The number of hydrogen-bond donors (Lipinski definition) is 2. The molecule has 2 aliphatic rings. The maximum Gasteiger partial charge on any atom is 0.124 e. The first-order valence-corrected chi connectivity index (χ1v) is 20.7. The Morgan fingerprint density at radius 1 is 0.483 bits per heavy atom. The molecule has 0 aliphatic carbocycles. The van der Waals surface area contributed by atoms with Gasteiger partial charge in [0.2, 0.25) is 0 Å². The second kappa shape index (κ2) is 14.6. The Balaban J connectivity index is 1.50. The number of benzene rings is 4. The number of aryl methyl sites for hydroxylation is 5. The molecule has 8 bridgehead atoms. The number of terminal acetylenes is 1. The highest BCUT2D eigenvalue weighted by atomic mass is 127. The molecule has 0 fully saturated rings. The number of aromatic amines is 2. The molecule has 9 rings (SSSR count). The van der Waals surface area contributed by atoms with Gasteiger partial charge in [0.1, 0.15) is 1.37 Å². The van der Waals surface area contributed by atoms with Gasteiger partial charge in [-0.1, -0.05) is 53.9 Å². The quantitative estimate of drug-likeness (QED) is 0.137. The van der Waals surface area contributed by atoms with Crippen molar-refractivity contribution in [3.05, 3.63) is 162 Å². The largest absolute Gasteiger partial charge is 0.354 e. The van der Waals surface area contributed by atoms with E-state index in [1.807, 2.05) is 12.1 Å². The van der Waals surface area contributed by atoms with E-state index in [0.29, 0.717) is 0 Å². The first-order chi connectivity index (χ1) is 28.5. The highest BCUT2D eigenvalue weighted by molar-refractivity contribution is 14.1. The van der Waals surface area contributed by atoms with E-state index in [-0.39, 0.29) is 0 Å². The molecule has 58 heavy (non-hydrogen) atoms. The molecule has 7 aromatic rings. The number of nitrogens with one attached hydrogen (secondary N) is 2. The third-order valence-corrected chi connectivity index (χ3v) is 12.5. The smallest absolute Gasteiger partial charge is 0.124 e. The van der Waals surface area contributed by atoms with Crippen LogP contribution < -0.4 is 0 Å². The van der Waals surface area contributed by atoms with Gasteiger partial charge in [0.05, 0.1) is 22.8 Å². The summed E-state index contributed by atoms with van der Waals surface area (Å²) in [6, 6.07) is 32.4. The van der Waals surface area contributed by atoms with Gasteiger partial charge in [-0.15, -0.1) is 6.40 Å². The minimum absolute atomic E-state index is 0.792. The van der Waals surface area contributed by atoms with Gasteiger partial charge in [-0.2, -0.15) is 0 Å². The van der Waals surface area contributed by atoms with E-state index >= 15 is 0 Å². The third-order valence-electron chi connectivity index (χ3n) is 11.7. The lowest BCUT2D eigenvalue weighted by atomic mass is 9.89. The van der Waals surface area contributed by atoms with E-state index < -0.39 is 0 Å². The monoisotopic (exact) mass is 864 g/mol. The van der Waals surface area contributed by atoms with Crippen LogP contribution in [0.3, 0.4) is 0 Å². The Labute approximate surface area is 355 Å². The fraction of sp³-hybridized carbons (Fsp3) is 0.132. The predicted molar refractivity (Wildman–Crippen MR) is 254 cm³/mol. The summed E-state index contributed by atoms with van der Waals surface area (Å²) in [5.41, 5.74) is 25.4. The molecule has 0 unspecified atom stereocenters. The van der Waals surface area contributed by atoms with Gasteiger partial charge in [0.15, 0.2) is 0 Å². The number of H-pyrrole nitrogens is 2. The van der Waals surface area contributed by atoms with Crippen molar-refractivity contribution in [1.82, 2.24) is 19.9 Å². The van der Waals surface area contributed by atoms with E-state index in [0.717, 1.165) is 83.8 Å². The molecule has 5 heterocycles. The Bertz CT molecular complexity index is 3160. The highest BCUT2D eigenvalue weighted by Crippen LogP contribution is 2.41. The molecule has 2 N–H and O–H groups in total. The number of nitrogens with zero attached hydrogens (tertiary/aromatic N) is 2. The lowest BCUT2D eigenvalue weighted by Crippen LogP contribution is -1.97. The van der Waals surface area contributed by atoms with Crippen LogP contribution in [0.25, 0.3) is 90.9 Å². The first kappa shape index (κ1) is 36.1. The number of halogens is 1. The zero-order valence-electron chi connectivity index (χ0n) is 34.7. The molecule has 4 nitrogen and oxygen atoms in total. The van der Waals surface area contributed by atoms with Crippen LogP contribution in [-0.2, 0) is 0 Å². The Hall–Kier alpha value is -6.23. The van der Waals surface area contributed by atoms with Crippen molar-refractivity contribution in [3.63, 3.8) is 0 Å². The van der Waals surface area contributed by atoms with Gasteiger partial charge < -0.3 is 9.97 Å². The summed E-state index contributed by atoms with van der Waals surface area (Å²) in [6.45, 7) is 15.4. The highest BCUT2D eigenvalue weighted by Gasteiger charge is 2.22. The maximum absolute atomic E-state index is 7.47. The van der Waals surface area contributed by atoms with Crippen LogP contribution in [-0.4, -0.2) is 19.9 Å². The predicted octanol–water partition coefficient (Wildman–Crippen LogP) is 14.1. The van der Waals surface area contributed by atoms with E-state index in [1.54, 1.807) is 0 Å². The standard InChI is InChI=1S/C53H43IN4/c1-9-36-10-12-37(13-11-36)50-40-18-22-44(55-40)52(48-31(4)26-29(2)27-32(48)5)45-23-19-42(56-45)51(38-14-16-39(54)17-15-38)43-21-25-47(58-43)53(46-24-20-41(50)57-46)49-33(6)28-30(3)34(7)35(49)8/h1,10-28,55,58H,2-8H3/i1T. The number of aromatic nitrogens is 4. The second-order valence-corrected chi connectivity index (χ2v) is 16.9. The molecule has 2 aliphatic heterocycles. The van der Waals surface area contributed by atoms with Crippen LogP contribution in [0.2, 0.25) is 0 Å². The van der Waals surface area contributed by atoms with Crippen LogP contribution in [0.1, 0.15) is 68.7 Å². The van der Waals surface area contributed by atoms with Gasteiger partial charge in [-0.05, 0) is 200 Å². The van der Waals surface area contributed by atoms with Crippen LogP contribution in [0.4, 0.5) is 0 Å². The van der Waals surface area contributed by atoms with Gasteiger partial charge in [0, 0.05) is 53.5 Å². The molecular weight excluding hydrogens is 820 g/mol. The first-order valence-electron chi connectivity index (χ1n) is 20.1. The van der Waals surface area contributed by atoms with E-state index in [2.05, 4.69) is 197 Å². The van der Waals surface area contributed by atoms with Crippen molar-refractivity contribution in [2.24, 2.45) is 0 Å². The zero-order chi connectivity index (χ0) is 41.1. The molecule has 0 atom stereocenters. The van der Waals surface area contributed by atoms with Crippen molar-refractivity contribution < 1.29 is 1.37 Å². The van der Waals surface area contributed by atoms with Crippen LogP contribution in [0, 0.1) is 64.4 Å². The van der Waals surface area contributed by atoms with Crippen LogP contribution in [0.15, 0.2) is 91.0 Å². The molecule has 0 spiro atoms.